The monoisotopic (exact) mass is 276 g/mol. The minimum absolute atomic E-state index is 0.594. The molecular weight excluding hydrogens is 264 g/mol. The van der Waals surface area contributed by atoms with Crippen LogP contribution in [0.1, 0.15) is 6.23 Å². The van der Waals surface area contributed by atoms with E-state index in [-0.39, 0.29) is 0 Å². The van der Waals surface area contributed by atoms with Gasteiger partial charge in [0.2, 0.25) is 0 Å². The third-order valence-electron chi connectivity index (χ3n) is 2.75. The molecule has 2 rings (SSSR count). The first-order chi connectivity index (χ1) is 8.39. The molecule has 0 aliphatic carbocycles. The molecule has 2 heterocycles. The number of nitrogens with zero attached hydrogens (tertiary/aromatic N) is 1. The van der Waals surface area contributed by atoms with Crippen molar-refractivity contribution in [2.75, 3.05) is 6.61 Å². The van der Waals surface area contributed by atoms with Crippen LogP contribution in [0.2, 0.25) is 0 Å². The van der Waals surface area contributed by atoms with Crippen LogP contribution < -0.4 is 11.2 Å². The van der Waals surface area contributed by atoms with Crippen molar-refractivity contribution in [2.45, 2.75) is 23.4 Å². The summed E-state index contributed by atoms with van der Waals surface area (Å²) in [6.45, 7) is -0.650. The molecule has 0 spiro atoms. The lowest BCUT2D eigenvalue weighted by atomic mass is 10.1. The van der Waals surface area contributed by atoms with Crippen molar-refractivity contribution in [3.63, 3.8) is 0 Å². The van der Waals surface area contributed by atoms with Crippen LogP contribution in [0.3, 0.4) is 0 Å². The molecule has 4 atom stereocenters. The highest BCUT2D eigenvalue weighted by atomic mass is 32.1. The van der Waals surface area contributed by atoms with Crippen LogP contribution in [0, 0.1) is 0 Å². The normalized spacial score (nSPS) is 35.9. The zero-order valence-electron chi connectivity index (χ0n) is 9.05. The molecule has 9 heteroatoms. The van der Waals surface area contributed by atoms with Crippen molar-refractivity contribution in [1.82, 2.24) is 9.55 Å². The van der Waals surface area contributed by atoms with Crippen LogP contribution in [0.15, 0.2) is 21.9 Å². The summed E-state index contributed by atoms with van der Waals surface area (Å²) >= 11 is 3.93. The highest BCUT2D eigenvalue weighted by molar-refractivity contribution is 7.81. The molecule has 1 fully saturated rings. The smallest absolute Gasteiger partial charge is 0.330 e. The predicted octanol–water partition coefficient (Wildman–Crippen LogP) is -2.59. The first-order valence-corrected chi connectivity index (χ1v) is 5.52. The van der Waals surface area contributed by atoms with Gasteiger partial charge < -0.3 is 20.1 Å². The Morgan fingerprint density at radius 2 is 2.17 bits per heavy atom. The van der Waals surface area contributed by atoms with Gasteiger partial charge in [-0.05, 0) is 0 Å². The number of aromatic amines is 1. The Hall–Kier alpha value is -1.13. The minimum Gasteiger partial charge on any atom is -0.392 e. The lowest BCUT2D eigenvalue weighted by Crippen LogP contribution is -2.41. The number of thiol groups is 1. The highest BCUT2D eigenvalue weighted by Gasteiger charge is 2.52. The lowest BCUT2D eigenvalue weighted by molar-refractivity contribution is -0.0727. The van der Waals surface area contributed by atoms with Crippen molar-refractivity contribution in [3.05, 3.63) is 33.1 Å². The van der Waals surface area contributed by atoms with E-state index < -0.39 is 41.2 Å². The molecular formula is C9H12N2O6S. The Morgan fingerprint density at radius 1 is 1.50 bits per heavy atom. The van der Waals surface area contributed by atoms with Crippen molar-refractivity contribution < 1.29 is 20.1 Å². The number of aliphatic hydroxyl groups is 3. The summed E-state index contributed by atoms with van der Waals surface area (Å²) in [7, 11) is 0. The Morgan fingerprint density at radius 3 is 2.67 bits per heavy atom. The Labute approximate surface area is 106 Å². The van der Waals surface area contributed by atoms with E-state index in [1.807, 2.05) is 4.98 Å². The predicted molar refractivity (Wildman–Crippen MR) is 62.3 cm³/mol. The molecule has 1 aromatic heterocycles. The van der Waals surface area contributed by atoms with Crippen molar-refractivity contribution >= 4 is 12.6 Å². The zero-order chi connectivity index (χ0) is 13.5. The van der Waals surface area contributed by atoms with Crippen LogP contribution in [0.25, 0.3) is 0 Å². The Kier molecular flexibility index (Phi) is 3.34. The maximum atomic E-state index is 11.5. The number of rotatable bonds is 2. The number of aliphatic hydroxyl groups excluding tert-OH is 3. The number of ether oxygens (including phenoxy) is 1. The van der Waals surface area contributed by atoms with E-state index in [0.717, 1.165) is 16.8 Å². The van der Waals surface area contributed by atoms with E-state index in [1.165, 1.54) is 0 Å². The van der Waals surface area contributed by atoms with Crippen molar-refractivity contribution in [2.24, 2.45) is 0 Å². The van der Waals surface area contributed by atoms with E-state index in [2.05, 4.69) is 12.6 Å². The van der Waals surface area contributed by atoms with Gasteiger partial charge in [-0.25, -0.2) is 4.79 Å². The van der Waals surface area contributed by atoms with Gasteiger partial charge in [0.25, 0.3) is 5.56 Å². The van der Waals surface area contributed by atoms with E-state index in [0.29, 0.717) is 0 Å². The third-order valence-corrected chi connectivity index (χ3v) is 3.27. The quantitative estimate of drug-likeness (QED) is 0.377. The van der Waals surface area contributed by atoms with E-state index in [4.69, 9.17) is 9.84 Å². The second-order valence-electron chi connectivity index (χ2n) is 3.96. The standard InChI is InChI=1S/C9H12N2O6S/c12-3-9(18)6(15)5(14)7(17-9)11-2-1-4(13)10-8(11)16/h1-2,5-7,12,14-15,18H,3H2,(H,10,13,16)/t5-,6+,7-,9+/m1/s1. The Bertz CT molecular complexity index is 556. The molecule has 100 valence electrons. The summed E-state index contributed by atoms with van der Waals surface area (Å²) in [4.78, 5) is 22.8. The Balaban J connectivity index is 2.41. The first kappa shape index (κ1) is 13.3. The summed E-state index contributed by atoms with van der Waals surface area (Å²) < 4.78 is 6.09. The lowest BCUT2D eigenvalue weighted by Gasteiger charge is -2.23. The molecule has 1 saturated heterocycles. The van der Waals surface area contributed by atoms with Gasteiger partial charge in [-0.3, -0.25) is 14.3 Å². The molecule has 0 unspecified atom stereocenters. The summed E-state index contributed by atoms with van der Waals surface area (Å²) in [5.41, 5.74) is -1.39. The summed E-state index contributed by atoms with van der Waals surface area (Å²) in [6.07, 6.45) is -3.06. The second kappa shape index (κ2) is 4.52. The van der Waals surface area contributed by atoms with Crippen molar-refractivity contribution in [3.8, 4) is 0 Å². The maximum absolute atomic E-state index is 11.5. The number of hydrogen-bond donors (Lipinski definition) is 5. The largest absolute Gasteiger partial charge is 0.392 e. The van der Waals surface area contributed by atoms with Crippen LogP contribution in [-0.2, 0) is 4.74 Å². The number of aromatic nitrogens is 2. The maximum Gasteiger partial charge on any atom is 0.330 e. The van der Waals surface area contributed by atoms with Gasteiger partial charge in [0.15, 0.2) is 11.2 Å². The summed E-state index contributed by atoms with van der Waals surface area (Å²) in [5.74, 6) is 0. The number of H-pyrrole nitrogens is 1. The summed E-state index contributed by atoms with van der Waals surface area (Å²) in [5, 5.41) is 28.6. The van der Waals surface area contributed by atoms with Gasteiger partial charge in [-0.1, -0.05) is 0 Å². The average molecular weight is 276 g/mol. The van der Waals surface area contributed by atoms with Gasteiger partial charge >= 0.3 is 5.69 Å². The fraction of sp³-hybridized carbons (Fsp3) is 0.556. The fourth-order valence-electron chi connectivity index (χ4n) is 1.75. The van der Waals surface area contributed by atoms with Crippen LogP contribution in [0.5, 0.6) is 0 Å². The molecule has 8 nitrogen and oxygen atoms in total. The molecule has 1 aliphatic rings. The van der Waals surface area contributed by atoms with E-state index >= 15 is 0 Å². The van der Waals surface area contributed by atoms with Gasteiger partial charge in [-0.15, -0.1) is 12.6 Å². The van der Waals surface area contributed by atoms with Gasteiger partial charge in [0, 0.05) is 12.3 Å². The molecule has 1 aliphatic heterocycles. The van der Waals surface area contributed by atoms with E-state index in [1.54, 1.807) is 0 Å². The molecule has 0 amide bonds. The van der Waals surface area contributed by atoms with Crippen molar-refractivity contribution in [1.29, 1.82) is 0 Å². The molecule has 1 aromatic rings. The molecule has 0 aromatic carbocycles. The average Bonchev–Trinajstić information content (AvgIpc) is 2.55. The molecule has 0 radical (unpaired) electrons. The van der Waals surface area contributed by atoms with Gasteiger partial charge in [0.05, 0.1) is 6.61 Å². The number of nitrogens with one attached hydrogen (secondary N) is 1. The second-order valence-corrected chi connectivity index (χ2v) is 4.72. The van der Waals surface area contributed by atoms with Gasteiger partial charge in [0.1, 0.15) is 12.2 Å². The molecule has 0 bridgehead atoms. The highest BCUT2D eigenvalue weighted by Crippen LogP contribution is 2.38. The minimum atomic E-state index is -1.67. The molecule has 18 heavy (non-hydrogen) atoms. The van der Waals surface area contributed by atoms with Crippen LogP contribution in [0.4, 0.5) is 0 Å². The fourth-order valence-corrected chi connectivity index (χ4v) is 2.01. The zero-order valence-corrected chi connectivity index (χ0v) is 9.95. The summed E-state index contributed by atoms with van der Waals surface area (Å²) in [6, 6.07) is 1.07. The molecule has 0 saturated carbocycles. The first-order valence-electron chi connectivity index (χ1n) is 5.08. The SMILES string of the molecule is O=c1ccn([C@@H]2O[C@](S)(CO)[C@@H](O)[C@H]2O)c(=O)[nH]1. The van der Waals surface area contributed by atoms with Crippen LogP contribution in [-0.4, -0.2) is 48.6 Å². The molecule has 4 N–H and O–H groups in total. The van der Waals surface area contributed by atoms with E-state index in [9.17, 15) is 19.8 Å². The van der Waals surface area contributed by atoms with Gasteiger partial charge in [-0.2, -0.15) is 0 Å². The number of hydrogen-bond acceptors (Lipinski definition) is 7. The van der Waals surface area contributed by atoms with Crippen LogP contribution >= 0.6 is 12.6 Å². The topological polar surface area (TPSA) is 125 Å². The third kappa shape index (κ3) is 1.99.